The van der Waals surface area contributed by atoms with Gasteiger partial charge in [0.15, 0.2) is 0 Å². The summed E-state index contributed by atoms with van der Waals surface area (Å²) in [4.78, 5) is 11.8. The molecule has 0 saturated heterocycles. The van der Waals surface area contributed by atoms with Crippen LogP contribution in [0.3, 0.4) is 0 Å². The van der Waals surface area contributed by atoms with Gasteiger partial charge in [0.25, 0.3) is 5.91 Å². The minimum atomic E-state index is -0.682. The van der Waals surface area contributed by atoms with E-state index in [1.807, 2.05) is 0 Å². The van der Waals surface area contributed by atoms with Gasteiger partial charge in [-0.25, -0.2) is 4.39 Å². The van der Waals surface area contributed by atoms with E-state index in [9.17, 15) is 9.18 Å². The second kappa shape index (κ2) is 5.06. The number of phenols is 1. The van der Waals surface area contributed by atoms with Gasteiger partial charge in [-0.15, -0.1) is 0 Å². The average molecular weight is 266 g/mol. The molecule has 0 fully saturated rings. The molecule has 0 aliphatic heterocycles. The summed E-state index contributed by atoms with van der Waals surface area (Å²) in [5.74, 6) is -1.24. The lowest BCUT2D eigenvalue weighted by molar-refractivity contribution is 0.102. The highest BCUT2D eigenvalue weighted by Crippen LogP contribution is 2.21. The van der Waals surface area contributed by atoms with E-state index < -0.39 is 11.7 Å². The van der Waals surface area contributed by atoms with Crippen molar-refractivity contribution in [2.45, 2.75) is 0 Å². The zero-order valence-corrected chi connectivity index (χ0v) is 9.91. The SMILES string of the molecule is O=C(Nc1ccc(O)cc1)c1c(F)cccc1Cl. The van der Waals surface area contributed by atoms with Crippen LogP contribution in [0, 0.1) is 5.82 Å². The molecule has 1 amide bonds. The van der Waals surface area contributed by atoms with Gasteiger partial charge in [0.05, 0.1) is 10.6 Å². The van der Waals surface area contributed by atoms with Gasteiger partial charge in [0.1, 0.15) is 11.6 Å². The molecule has 5 heteroatoms. The summed E-state index contributed by atoms with van der Waals surface area (Å²) in [7, 11) is 0. The highest BCUT2D eigenvalue weighted by molar-refractivity contribution is 6.34. The first-order valence-electron chi connectivity index (χ1n) is 5.12. The Morgan fingerprint density at radius 2 is 1.83 bits per heavy atom. The van der Waals surface area contributed by atoms with Crippen LogP contribution in [0.2, 0.25) is 5.02 Å². The number of benzene rings is 2. The molecule has 2 rings (SSSR count). The topological polar surface area (TPSA) is 49.3 Å². The molecule has 0 aromatic heterocycles. The van der Waals surface area contributed by atoms with Crippen LogP contribution in [0.5, 0.6) is 5.75 Å². The van der Waals surface area contributed by atoms with E-state index in [0.717, 1.165) is 6.07 Å². The van der Waals surface area contributed by atoms with Crippen molar-refractivity contribution in [3.8, 4) is 5.75 Å². The number of anilines is 1. The molecule has 2 aromatic carbocycles. The van der Waals surface area contributed by atoms with Crippen molar-refractivity contribution in [2.24, 2.45) is 0 Å². The molecular weight excluding hydrogens is 257 g/mol. The molecule has 2 N–H and O–H groups in total. The molecule has 0 spiro atoms. The Morgan fingerprint density at radius 3 is 2.44 bits per heavy atom. The van der Waals surface area contributed by atoms with E-state index in [0.29, 0.717) is 5.69 Å². The number of nitrogens with one attached hydrogen (secondary N) is 1. The van der Waals surface area contributed by atoms with Crippen molar-refractivity contribution < 1.29 is 14.3 Å². The molecule has 0 aliphatic rings. The van der Waals surface area contributed by atoms with Gasteiger partial charge < -0.3 is 10.4 Å². The lowest BCUT2D eigenvalue weighted by atomic mass is 10.2. The van der Waals surface area contributed by atoms with Crippen LogP contribution >= 0.6 is 11.6 Å². The Bertz CT molecular complexity index is 564. The third kappa shape index (κ3) is 2.60. The summed E-state index contributed by atoms with van der Waals surface area (Å²) >= 11 is 5.78. The number of hydrogen-bond acceptors (Lipinski definition) is 2. The van der Waals surface area contributed by atoms with E-state index >= 15 is 0 Å². The second-order valence-corrected chi connectivity index (χ2v) is 4.00. The lowest BCUT2D eigenvalue weighted by Crippen LogP contribution is -2.14. The number of rotatable bonds is 2. The van der Waals surface area contributed by atoms with Crippen LogP contribution < -0.4 is 5.32 Å². The van der Waals surface area contributed by atoms with Crippen molar-refractivity contribution in [1.82, 2.24) is 0 Å². The summed E-state index contributed by atoms with van der Waals surface area (Å²) in [5, 5.41) is 11.6. The van der Waals surface area contributed by atoms with Crippen LogP contribution in [0.1, 0.15) is 10.4 Å². The van der Waals surface area contributed by atoms with Crippen LogP contribution in [0.25, 0.3) is 0 Å². The fraction of sp³-hybridized carbons (Fsp3) is 0. The standard InChI is InChI=1S/C13H9ClFNO2/c14-10-2-1-3-11(15)12(10)13(18)16-8-4-6-9(17)7-5-8/h1-7,17H,(H,16,18). The second-order valence-electron chi connectivity index (χ2n) is 3.60. The molecule has 0 radical (unpaired) electrons. The van der Waals surface area contributed by atoms with Crippen molar-refractivity contribution in [3.63, 3.8) is 0 Å². The number of hydrogen-bond donors (Lipinski definition) is 2. The molecule has 0 atom stereocenters. The van der Waals surface area contributed by atoms with Gasteiger partial charge in [-0.05, 0) is 36.4 Å². The zero-order chi connectivity index (χ0) is 13.1. The molecule has 0 aliphatic carbocycles. The number of amides is 1. The molecule has 0 unspecified atom stereocenters. The maximum Gasteiger partial charge on any atom is 0.260 e. The molecule has 0 heterocycles. The number of halogens is 2. The molecule has 18 heavy (non-hydrogen) atoms. The summed E-state index contributed by atoms with van der Waals surface area (Å²) in [6, 6.07) is 9.87. The third-order valence-corrected chi connectivity index (χ3v) is 2.63. The first-order chi connectivity index (χ1) is 8.58. The van der Waals surface area contributed by atoms with Crippen LogP contribution in [-0.2, 0) is 0 Å². The minimum Gasteiger partial charge on any atom is -0.508 e. The Balaban J connectivity index is 2.25. The van der Waals surface area contributed by atoms with Crippen LogP contribution in [0.4, 0.5) is 10.1 Å². The first kappa shape index (κ1) is 12.4. The molecular formula is C13H9ClFNO2. The Hall–Kier alpha value is -2.07. The molecule has 92 valence electrons. The molecule has 2 aromatic rings. The first-order valence-corrected chi connectivity index (χ1v) is 5.50. The normalized spacial score (nSPS) is 10.1. The number of carbonyl (C=O) groups excluding carboxylic acids is 1. The van der Waals surface area contributed by atoms with E-state index in [1.165, 1.54) is 36.4 Å². The monoisotopic (exact) mass is 265 g/mol. The fourth-order valence-electron chi connectivity index (χ4n) is 1.45. The molecule has 0 saturated carbocycles. The minimum absolute atomic E-state index is 0.0475. The summed E-state index contributed by atoms with van der Waals surface area (Å²) in [5.41, 5.74) is 0.240. The predicted molar refractivity (Wildman–Crippen MR) is 67.5 cm³/mol. The van der Waals surface area contributed by atoms with Gasteiger partial charge in [-0.1, -0.05) is 17.7 Å². The third-order valence-electron chi connectivity index (χ3n) is 2.31. The van der Waals surface area contributed by atoms with Gasteiger partial charge in [-0.2, -0.15) is 0 Å². The average Bonchev–Trinajstić information content (AvgIpc) is 2.32. The largest absolute Gasteiger partial charge is 0.508 e. The summed E-state index contributed by atoms with van der Waals surface area (Å²) in [6.07, 6.45) is 0. The smallest absolute Gasteiger partial charge is 0.260 e. The van der Waals surface area contributed by atoms with Crippen molar-refractivity contribution >= 4 is 23.2 Å². The fourth-order valence-corrected chi connectivity index (χ4v) is 1.70. The summed E-state index contributed by atoms with van der Waals surface area (Å²) in [6.45, 7) is 0. The van der Waals surface area contributed by atoms with Crippen molar-refractivity contribution in [1.29, 1.82) is 0 Å². The quantitative estimate of drug-likeness (QED) is 0.817. The molecule has 3 nitrogen and oxygen atoms in total. The van der Waals surface area contributed by atoms with Gasteiger partial charge >= 0.3 is 0 Å². The highest BCUT2D eigenvalue weighted by Gasteiger charge is 2.15. The zero-order valence-electron chi connectivity index (χ0n) is 9.15. The predicted octanol–water partition coefficient (Wildman–Crippen LogP) is 3.44. The Morgan fingerprint density at radius 1 is 1.17 bits per heavy atom. The highest BCUT2D eigenvalue weighted by atomic mass is 35.5. The van der Waals surface area contributed by atoms with E-state index in [-0.39, 0.29) is 16.3 Å². The van der Waals surface area contributed by atoms with Gasteiger partial charge in [0, 0.05) is 5.69 Å². The van der Waals surface area contributed by atoms with Gasteiger partial charge in [-0.3, -0.25) is 4.79 Å². The number of phenolic OH excluding ortho intramolecular Hbond substituents is 1. The van der Waals surface area contributed by atoms with E-state index in [2.05, 4.69) is 5.32 Å². The number of aromatic hydroxyl groups is 1. The van der Waals surface area contributed by atoms with Crippen molar-refractivity contribution in [3.05, 3.63) is 58.9 Å². The van der Waals surface area contributed by atoms with Gasteiger partial charge in [0.2, 0.25) is 0 Å². The Kier molecular flexibility index (Phi) is 3.48. The van der Waals surface area contributed by atoms with Crippen LogP contribution in [-0.4, -0.2) is 11.0 Å². The molecule has 0 bridgehead atoms. The van der Waals surface area contributed by atoms with Crippen LogP contribution in [0.15, 0.2) is 42.5 Å². The van der Waals surface area contributed by atoms with Crippen molar-refractivity contribution in [2.75, 3.05) is 5.32 Å². The lowest BCUT2D eigenvalue weighted by Gasteiger charge is -2.07. The Labute approximate surface area is 108 Å². The maximum absolute atomic E-state index is 13.5. The number of carbonyl (C=O) groups is 1. The summed E-state index contributed by atoms with van der Waals surface area (Å²) < 4.78 is 13.5. The maximum atomic E-state index is 13.5. The van der Waals surface area contributed by atoms with E-state index in [1.54, 1.807) is 0 Å². The van der Waals surface area contributed by atoms with E-state index in [4.69, 9.17) is 16.7 Å².